The van der Waals surface area contributed by atoms with Gasteiger partial charge in [0.25, 0.3) is 11.8 Å². The van der Waals surface area contributed by atoms with Crippen LogP contribution in [-0.2, 0) is 14.3 Å². The van der Waals surface area contributed by atoms with Crippen molar-refractivity contribution in [1.82, 2.24) is 0 Å². The fraction of sp³-hybridized carbons (Fsp3) is 0.190. The first kappa shape index (κ1) is 20.5. The highest BCUT2D eigenvalue weighted by molar-refractivity contribution is 8.02. The van der Waals surface area contributed by atoms with Gasteiger partial charge in [0.2, 0.25) is 0 Å². The van der Waals surface area contributed by atoms with Gasteiger partial charge in [0.1, 0.15) is 0 Å². The molecule has 0 spiro atoms. The lowest BCUT2D eigenvalue weighted by atomic mass is 10.1. The van der Waals surface area contributed by atoms with Gasteiger partial charge in [-0.1, -0.05) is 12.1 Å². The van der Waals surface area contributed by atoms with Gasteiger partial charge in [-0.2, -0.15) is 0 Å². The third-order valence-electron chi connectivity index (χ3n) is 3.95. The normalized spacial score (nSPS) is 12.9. The van der Waals surface area contributed by atoms with E-state index in [1.807, 2.05) is 0 Å². The topological polar surface area (TPSA) is 93.7 Å². The first-order chi connectivity index (χ1) is 14.1. The molecule has 0 atom stereocenters. The Balaban J connectivity index is 1.70. The minimum atomic E-state index is -0.421. The van der Waals surface area contributed by atoms with Crippen LogP contribution in [0.5, 0.6) is 0 Å². The molecule has 0 saturated heterocycles. The second-order valence-corrected chi connectivity index (χ2v) is 6.93. The monoisotopic (exact) mass is 412 g/mol. The maximum atomic E-state index is 12.7. The molecule has 0 saturated carbocycles. The van der Waals surface area contributed by atoms with E-state index in [0.29, 0.717) is 35.7 Å². The molecular weight excluding hydrogens is 392 g/mol. The summed E-state index contributed by atoms with van der Waals surface area (Å²) >= 11 is 1.50. The summed E-state index contributed by atoms with van der Waals surface area (Å²) in [4.78, 5) is 36.8. The summed E-state index contributed by atoms with van der Waals surface area (Å²) in [5.41, 5.74) is 1.59. The number of anilines is 2. The average Bonchev–Trinajstić information content (AvgIpc) is 2.75. The largest absolute Gasteiger partial charge is 0.487 e. The summed E-state index contributed by atoms with van der Waals surface area (Å²) in [5, 5.41) is 7.13. The number of carbonyl (C=O) groups is 3. The standard InChI is InChI=1S/C21H20N2O5S/c1-2-27-21(26)14-7-9-15(10-8-14)22-19(24)16-5-3-4-6-17(16)23-20(25)18-13-29-12-11-28-18/h3-10,13H,2,11-12H2,1H3,(H,22,24)(H,23,25). The van der Waals surface area contributed by atoms with Gasteiger partial charge < -0.3 is 20.1 Å². The number of benzene rings is 2. The number of esters is 1. The molecule has 8 heteroatoms. The van der Waals surface area contributed by atoms with Crippen molar-refractivity contribution in [3.63, 3.8) is 0 Å². The molecule has 0 radical (unpaired) electrons. The Morgan fingerprint density at radius 2 is 1.79 bits per heavy atom. The summed E-state index contributed by atoms with van der Waals surface area (Å²) < 4.78 is 10.3. The lowest BCUT2D eigenvalue weighted by Crippen LogP contribution is -2.21. The summed E-state index contributed by atoms with van der Waals surface area (Å²) in [7, 11) is 0. The van der Waals surface area contributed by atoms with E-state index in [1.165, 1.54) is 11.8 Å². The molecule has 0 aromatic heterocycles. The lowest BCUT2D eigenvalue weighted by molar-refractivity contribution is -0.116. The van der Waals surface area contributed by atoms with Crippen LogP contribution < -0.4 is 10.6 Å². The highest BCUT2D eigenvalue weighted by atomic mass is 32.2. The smallest absolute Gasteiger partial charge is 0.338 e. The third-order valence-corrected chi connectivity index (χ3v) is 4.73. The van der Waals surface area contributed by atoms with Crippen molar-refractivity contribution in [3.05, 3.63) is 70.8 Å². The van der Waals surface area contributed by atoms with E-state index >= 15 is 0 Å². The van der Waals surface area contributed by atoms with Crippen molar-refractivity contribution in [1.29, 1.82) is 0 Å². The van der Waals surface area contributed by atoms with E-state index in [0.717, 1.165) is 5.75 Å². The van der Waals surface area contributed by atoms with Crippen molar-refractivity contribution in [2.45, 2.75) is 6.92 Å². The molecule has 2 amide bonds. The highest BCUT2D eigenvalue weighted by Gasteiger charge is 2.18. The Hall–Kier alpha value is -3.26. The molecular formula is C21H20N2O5S. The van der Waals surface area contributed by atoms with Crippen LogP contribution in [0.15, 0.2) is 59.7 Å². The molecule has 1 heterocycles. The summed E-state index contributed by atoms with van der Waals surface area (Å²) in [6.07, 6.45) is 0. The van der Waals surface area contributed by atoms with Crippen molar-refractivity contribution in [2.24, 2.45) is 0 Å². The first-order valence-corrected chi connectivity index (χ1v) is 10.1. The molecule has 1 aliphatic rings. The van der Waals surface area contributed by atoms with E-state index in [4.69, 9.17) is 9.47 Å². The number of amides is 2. The second-order valence-electron chi connectivity index (χ2n) is 5.95. The summed E-state index contributed by atoms with van der Waals surface area (Å²) in [5.74, 6) is -0.194. The lowest BCUT2D eigenvalue weighted by Gasteiger charge is -2.15. The number of hydrogen-bond donors (Lipinski definition) is 2. The zero-order chi connectivity index (χ0) is 20.6. The number of carbonyl (C=O) groups excluding carboxylic acids is 3. The number of para-hydroxylation sites is 1. The maximum Gasteiger partial charge on any atom is 0.338 e. The number of ether oxygens (including phenoxy) is 2. The molecule has 2 aromatic rings. The Bertz CT molecular complexity index is 940. The zero-order valence-electron chi connectivity index (χ0n) is 15.8. The number of thioether (sulfide) groups is 1. The zero-order valence-corrected chi connectivity index (χ0v) is 16.6. The number of nitrogens with one attached hydrogen (secondary N) is 2. The van der Waals surface area contributed by atoms with Gasteiger partial charge in [0.15, 0.2) is 5.76 Å². The molecule has 2 aromatic carbocycles. The Morgan fingerprint density at radius 1 is 1.03 bits per heavy atom. The Morgan fingerprint density at radius 3 is 2.48 bits per heavy atom. The Labute approximate surface area is 172 Å². The van der Waals surface area contributed by atoms with E-state index in [2.05, 4.69) is 10.6 Å². The van der Waals surface area contributed by atoms with Crippen LogP contribution >= 0.6 is 11.8 Å². The molecule has 0 fully saturated rings. The SMILES string of the molecule is CCOC(=O)c1ccc(NC(=O)c2ccccc2NC(=O)C2=CSCCO2)cc1. The van der Waals surface area contributed by atoms with Gasteiger partial charge in [-0.3, -0.25) is 9.59 Å². The molecule has 29 heavy (non-hydrogen) atoms. The second kappa shape index (κ2) is 9.79. The maximum absolute atomic E-state index is 12.7. The number of rotatable bonds is 6. The van der Waals surface area contributed by atoms with Crippen LogP contribution in [0.4, 0.5) is 11.4 Å². The Kier molecular flexibility index (Phi) is 6.91. The van der Waals surface area contributed by atoms with Gasteiger partial charge in [0, 0.05) is 16.8 Å². The van der Waals surface area contributed by atoms with Crippen LogP contribution in [0, 0.1) is 0 Å². The van der Waals surface area contributed by atoms with Crippen LogP contribution in [0.25, 0.3) is 0 Å². The highest BCUT2D eigenvalue weighted by Crippen LogP contribution is 2.21. The third kappa shape index (κ3) is 5.39. The summed E-state index contributed by atoms with van der Waals surface area (Å²) in [6, 6.07) is 13.1. The van der Waals surface area contributed by atoms with E-state index in [1.54, 1.807) is 60.9 Å². The van der Waals surface area contributed by atoms with Gasteiger partial charge in [-0.25, -0.2) is 4.79 Å². The summed E-state index contributed by atoms with van der Waals surface area (Å²) in [6.45, 7) is 2.49. The quantitative estimate of drug-likeness (QED) is 0.704. The van der Waals surface area contributed by atoms with Crippen LogP contribution in [-0.4, -0.2) is 36.8 Å². The molecule has 150 valence electrons. The van der Waals surface area contributed by atoms with E-state index < -0.39 is 17.8 Å². The first-order valence-electron chi connectivity index (χ1n) is 9.02. The predicted octanol–water partition coefficient (Wildman–Crippen LogP) is 3.66. The molecule has 7 nitrogen and oxygen atoms in total. The van der Waals surface area contributed by atoms with Gasteiger partial charge >= 0.3 is 5.97 Å². The van der Waals surface area contributed by atoms with Crippen molar-refractivity contribution in [2.75, 3.05) is 29.6 Å². The van der Waals surface area contributed by atoms with Gasteiger partial charge in [-0.15, -0.1) is 11.8 Å². The molecule has 0 unspecified atom stereocenters. The van der Waals surface area contributed by atoms with Crippen molar-refractivity contribution in [3.8, 4) is 0 Å². The fourth-order valence-corrected chi connectivity index (χ4v) is 3.19. The van der Waals surface area contributed by atoms with Crippen LogP contribution in [0.3, 0.4) is 0 Å². The number of hydrogen-bond acceptors (Lipinski definition) is 6. The molecule has 1 aliphatic heterocycles. The molecule has 2 N–H and O–H groups in total. The molecule has 0 bridgehead atoms. The van der Waals surface area contributed by atoms with Gasteiger partial charge in [0.05, 0.1) is 30.0 Å². The van der Waals surface area contributed by atoms with E-state index in [-0.39, 0.29) is 5.76 Å². The van der Waals surface area contributed by atoms with Crippen molar-refractivity contribution < 1.29 is 23.9 Å². The molecule has 3 rings (SSSR count). The molecule has 0 aliphatic carbocycles. The van der Waals surface area contributed by atoms with Gasteiger partial charge in [-0.05, 0) is 43.3 Å². The minimum Gasteiger partial charge on any atom is -0.487 e. The average molecular weight is 412 g/mol. The van der Waals surface area contributed by atoms with Crippen LogP contribution in [0.2, 0.25) is 0 Å². The fourth-order valence-electron chi connectivity index (χ4n) is 2.56. The minimum absolute atomic E-state index is 0.228. The van der Waals surface area contributed by atoms with E-state index in [9.17, 15) is 14.4 Å². The predicted molar refractivity (Wildman–Crippen MR) is 112 cm³/mol. The van der Waals surface area contributed by atoms with Crippen LogP contribution in [0.1, 0.15) is 27.6 Å². The van der Waals surface area contributed by atoms with Crippen molar-refractivity contribution >= 4 is 40.9 Å².